The first-order chi connectivity index (χ1) is 15.1. The number of aliphatic carboxylic acids is 2. The highest BCUT2D eigenvalue weighted by atomic mass is 16.4. The van der Waals surface area contributed by atoms with E-state index in [-0.39, 0.29) is 37.3 Å². The predicted molar refractivity (Wildman–Crippen MR) is 126 cm³/mol. The molecule has 2 amide bonds. The largest absolute Gasteiger partial charge is 0.481 e. The third kappa shape index (κ3) is 15.3. The van der Waals surface area contributed by atoms with Crippen molar-refractivity contribution in [2.45, 2.75) is 103 Å². The van der Waals surface area contributed by atoms with E-state index in [1.165, 1.54) is 0 Å². The zero-order chi connectivity index (χ0) is 25.8. The molecule has 0 rings (SSSR count). The Bertz CT molecular complexity index is 657. The molecule has 0 aliphatic rings. The summed E-state index contributed by atoms with van der Waals surface area (Å²) in [5.41, 5.74) is 4.94. The lowest BCUT2D eigenvalue weighted by molar-refractivity contribution is -0.143. The van der Waals surface area contributed by atoms with Gasteiger partial charge < -0.3 is 37.2 Å². The van der Waals surface area contributed by atoms with Gasteiger partial charge in [-0.05, 0) is 67.2 Å². The lowest BCUT2D eigenvalue weighted by Crippen LogP contribution is -2.55. The summed E-state index contributed by atoms with van der Waals surface area (Å²) in [4.78, 5) is 47.4. The molecule has 0 spiro atoms. The van der Waals surface area contributed by atoms with E-state index in [0.717, 1.165) is 0 Å². The van der Waals surface area contributed by atoms with Gasteiger partial charge in [0, 0.05) is 30.6 Å². The molecule has 0 fully saturated rings. The average molecular weight is 474 g/mol. The van der Waals surface area contributed by atoms with Crippen LogP contribution in [0.15, 0.2) is 0 Å². The van der Waals surface area contributed by atoms with Crippen molar-refractivity contribution in [1.29, 1.82) is 0 Å². The van der Waals surface area contributed by atoms with Crippen LogP contribution in [-0.4, -0.2) is 76.3 Å². The van der Waals surface area contributed by atoms with Crippen molar-refractivity contribution in [3.8, 4) is 0 Å². The molecule has 11 nitrogen and oxygen atoms in total. The number of unbranched alkanes of at least 4 members (excludes halogenated alkanes) is 1. The van der Waals surface area contributed by atoms with E-state index in [4.69, 9.17) is 10.8 Å². The summed E-state index contributed by atoms with van der Waals surface area (Å²) in [6.07, 6.45) is 0.998. The van der Waals surface area contributed by atoms with Gasteiger partial charge in [-0.25, -0.2) is 4.79 Å². The minimum atomic E-state index is -1.17. The van der Waals surface area contributed by atoms with E-state index in [0.29, 0.717) is 19.4 Å². The molecule has 0 aliphatic heterocycles. The number of carbonyl (C=O) groups is 4. The number of hydrogen-bond acceptors (Lipinski definition) is 7. The highest BCUT2D eigenvalue weighted by molar-refractivity contribution is 5.87. The monoisotopic (exact) mass is 473 g/mol. The van der Waals surface area contributed by atoms with E-state index < -0.39 is 41.5 Å². The van der Waals surface area contributed by atoms with Crippen LogP contribution in [0.1, 0.15) is 73.6 Å². The van der Waals surface area contributed by atoms with Gasteiger partial charge in [-0.2, -0.15) is 0 Å². The van der Waals surface area contributed by atoms with Crippen molar-refractivity contribution < 1.29 is 29.4 Å². The Balaban J connectivity index is 4.70. The maximum Gasteiger partial charge on any atom is 0.326 e. The van der Waals surface area contributed by atoms with Crippen molar-refractivity contribution in [3.63, 3.8) is 0 Å². The van der Waals surface area contributed by atoms with Gasteiger partial charge >= 0.3 is 11.9 Å². The van der Waals surface area contributed by atoms with Crippen LogP contribution in [0.3, 0.4) is 0 Å². The van der Waals surface area contributed by atoms with E-state index in [2.05, 4.69) is 21.3 Å². The van der Waals surface area contributed by atoms with Crippen LogP contribution in [-0.2, 0) is 19.2 Å². The maximum absolute atomic E-state index is 12.6. The first-order valence-corrected chi connectivity index (χ1v) is 11.3. The third-order valence-electron chi connectivity index (χ3n) is 4.56. The molecule has 0 aromatic rings. The second kappa shape index (κ2) is 14.1. The number of carboxylic acids is 2. The van der Waals surface area contributed by atoms with E-state index in [1.807, 2.05) is 41.5 Å². The quantitative estimate of drug-likeness (QED) is 0.163. The van der Waals surface area contributed by atoms with E-state index in [1.54, 1.807) is 0 Å². The fourth-order valence-electron chi connectivity index (χ4n) is 3.15. The molecular weight excluding hydrogens is 430 g/mol. The average Bonchev–Trinajstić information content (AvgIpc) is 2.65. The standard InChI is InChI=1S/C22H43N5O6/c1-21(2,3)26-14(10-11-17(28)29)19(31)25-15(20(32)33)9-7-8-12-24-18(30)16(13-23)27-22(4,5)6/h14-16,26-27H,7-13,23H2,1-6H3,(H,24,30)(H,25,31)(H,28,29)(H,32,33)/t14-,15?,16-/m0/s1. The summed E-state index contributed by atoms with van der Waals surface area (Å²) in [7, 11) is 0. The van der Waals surface area contributed by atoms with Gasteiger partial charge in [0.25, 0.3) is 0 Å². The summed E-state index contributed by atoms with van der Waals surface area (Å²) < 4.78 is 0. The van der Waals surface area contributed by atoms with Gasteiger partial charge in [0.2, 0.25) is 11.8 Å². The molecule has 0 heterocycles. The molecule has 0 bridgehead atoms. The number of nitrogens with one attached hydrogen (secondary N) is 4. The Morgan fingerprint density at radius 3 is 1.79 bits per heavy atom. The number of rotatable bonds is 15. The Hall–Kier alpha value is -2.24. The van der Waals surface area contributed by atoms with Crippen LogP contribution >= 0.6 is 0 Å². The van der Waals surface area contributed by atoms with Gasteiger partial charge in [-0.1, -0.05) is 0 Å². The van der Waals surface area contributed by atoms with Crippen LogP contribution in [0.25, 0.3) is 0 Å². The zero-order valence-corrected chi connectivity index (χ0v) is 20.8. The molecule has 192 valence electrons. The van der Waals surface area contributed by atoms with Crippen LogP contribution in [0.4, 0.5) is 0 Å². The molecule has 1 unspecified atom stereocenters. The van der Waals surface area contributed by atoms with Crippen molar-refractivity contribution in [3.05, 3.63) is 0 Å². The molecule has 8 N–H and O–H groups in total. The lowest BCUT2D eigenvalue weighted by atomic mass is 10.0. The Labute approximate surface area is 196 Å². The number of carboxylic acid groups (broad SMARTS) is 2. The van der Waals surface area contributed by atoms with Gasteiger partial charge in [-0.3, -0.25) is 14.4 Å². The highest BCUT2D eigenvalue weighted by Crippen LogP contribution is 2.09. The lowest BCUT2D eigenvalue weighted by Gasteiger charge is -2.28. The van der Waals surface area contributed by atoms with Crippen molar-refractivity contribution >= 4 is 23.8 Å². The smallest absolute Gasteiger partial charge is 0.326 e. The molecule has 0 saturated carbocycles. The summed E-state index contributed by atoms with van der Waals surface area (Å²) in [5.74, 6) is -2.97. The molecule has 0 saturated heterocycles. The van der Waals surface area contributed by atoms with Gasteiger partial charge in [0.15, 0.2) is 0 Å². The van der Waals surface area contributed by atoms with Crippen molar-refractivity contribution in [1.82, 2.24) is 21.3 Å². The first-order valence-electron chi connectivity index (χ1n) is 11.3. The third-order valence-corrected chi connectivity index (χ3v) is 4.56. The second-order valence-corrected chi connectivity index (χ2v) is 10.2. The fraction of sp³-hybridized carbons (Fsp3) is 0.818. The van der Waals surface area contributed by atoms with Crippen molar-refractivity contribution in [2.75, 3.05) is 13.1 Å². The molecule has 33 heavy (non-hydrogen) atoms. The van der Waals surface area contributed by atoms with Crippen LogP contribution in [0.2, 0.25) is 0 Å². The number of carbonyl (C=O) groups excluding carboxylic acids is 2. The number of hydrogen-bond donors (Lipinski definition) is 7. The molecule has 11 heteroatoms. The minimum absolute atomic E-state index is 0.0434. The van der Waals surface area contributed by atoms with Crippen molar-refractivity contribution in [2.24, 2.45) is 5.73 Å². The molecule has 0 aromatic carbocycles. The zero-order valence-electron chi connectivity index (χ0n) is 20.8. The van der Waals surface area contributed by atoms with E-state index >= 15 is 0 Å². The van der Waals surface area contributed by atoms with Gasteiger partial charge in [0.1, 0.15) is 6.04 Å². The summed E-state index contributed by atoms with van der Waals surface area (Å²) in [6, 6.07) is -2.46. The molecule has 0 radical (unpaired) electrons. The maximum atomic E-state index is 12.6. The normalized spacial score (nSPS) is 14.8. The van der Waals surface area contributed by atoms with Crippen LogP contribution in [0.5, 0.6) is 0 Å². The first kappa shape index (κ1) is 30.8. The van der Waals surface area contributed by atoms with E-state index in [9.17, 15) is 24.3 Å². The Kier molecular flexibility index (Phi) is 13.2. The number of nitrogens with two attached hydrogens (primary N) is 1. The SMILES string of the molecule is CC(C)(C)N[C@@H](CN)C(=O)NCCCCC(NC(=O)[C@H](CCC(=O)O)NC(C)(C)C)C(=O)O. The predicted octanol–water partition coefficient (Wildman–Crippen LogP) is 0.179. The number of amides is 2. The molecular formula is C22H43N5O6. The second-order valence-electron chi connectivity index (χ2n) is 10.2. The summed E-state index contributed by atoms with van der Waals surface area (Å²) >= 11 is 0. The summed E-state index contributed by atoms with van der Waals surface area (Å²) in [5, 5.41) is 29.9. The Morgan fingerprint density at radius 1 is 0.788 bits per heavy atom. The minimum Gasteiger partial charge on any atom is -0.481 e. The Morgan fingerprint density at radius 2 is 1.33 bits per heavy atom. The topological polar surface area (TPSA) is 183 Å². The van der Waals surface area contributed by atoms with Crippen LogP contribution in [0, 0.1) is 0 Å². The van der Waals surface area contributed by atoms with Crippen LogP contribution < -0.4 is 27.0 Å². The molecule has 0 aromatic heterocycles. The highest BCUT2D eigenvalue weighted by Gasteiger charge is 2.28. The van der Waals surface area contributed by atoms with Gasteiger partial charge in [0.05, 0.1) is 12.1 Å². The van der Waals surface area contributed by atoms with Gasteiger partial charge in [-0.15, -0.1) is 0 Å². The molecule has 0 aliphatic carbocycles. The molecule has 3 atom stereocenters. The summed E-state index contributed by atoms with van der Waals surface area (Å²) in [6.45, 7) is 11.8. The fourth-order valence-corrected chi connectivity index (χ4v) is 3.15.